The zero-order chi connectivity index (χ0) is 26.2. The maximum atomic E-state index is 13.2. The highest BCUT2D eigenvalue weighted by Crippen LogP contribution is 2.29. The van der Waals surface area contributed by atoms with Gasteiger partial charge in [0.15, 0.2) is 0 Å². The van der Waals surface area contributed by atoms with E-state index < -0.39 is 47.9 Å². The number of methoxy groups -OCH3 is 1. The monoisotopic (exact) mass is 503 g/mol. The largest absolute Gasteiger partial charge is 0.459 e. The highest BCUT2D eigenvalue weighted by molar-refractivity contribution is 5.93. The molecule has 0 aliphatic carbocycles. The van der Waals surface area contributed by atoms with Crippen LogP contribution in [0.1, 0.15) is 37.7 Å². The SMILES string of the molecule is COC(=O)N1CC[C@H]2CC[C@@H](C(=O)N[C@@H](CCC(N)=O)C(=O)OCc3ccccc3)N2C(=O)[C@@H](N)C1. The Hall–Kier alpha value is -3.67. The van der Waals surface area contributed by atoms with Crippen molar-refractivity contribution in [2.24, 2.45) is 11.5 Å². The van der Waals surface area contributed by atoms with Gasteiger partial charge in [0.1, 0.15) is 24.7 Å². The maximum absolute atomic E-state index is 13.2. The molecule has 3 rings (SSSR count). The maximum Gasteiger partial charge on any atom is 0.409 e. The zero-order valence-corrected chi connectivity index (χ0v) is 20.3. The minimum absolute atomic E-state index is 0.00424. The average molecular weight is 504 g/mol. The lowest BCUT2D eigenvalue weighted by atomic mass is 10.1. The van der Waals surface area contributed by atoms with Gasteiger partial charge in [-0.2, -0.15) is 0 Å². The third-order valence-corrected chi connectivity index (χ3v) is 6.46. The topological polar surface area (TPSA) is 174 Å². The second kappa shape index (κ2) is 12.3. The van der Waals surface area contributed by atoms with Gasteiger partial charge in [-0.05, 0) is 31.2 Å². The van der Waals surface area contributed by atoms with E-state index in [4.69, 9.17) is 20.9 Å². The van der Waals surface area contributed by atoms with Crippen LogP contribution in [-0.2, 0) is 35.3 Å². The van der Waals surface area contributed by atoms with Crippen LogP contribution in [-0.4, -0.2) is 84.0 Å². The molecule has 2 fully saturated rings. The lowest BCUT2D eigenvalue weighted by Crippen LogP contribution is -2.60. The van der Waals surface area contributed by atoms with Gasteiger partial charge >= 0.3 is 12.1 Å². The molecule has 0 bridgehead atoms. The van der Waals surface area contributed by atoms with Gasteiger partial charge < -0.3 is 36.1 Å². The summed E-state index contributed by atoms with van der Waals surface area (Å²) in [4.78, 5) is 65.3. The Labute approximate surface area is 209 Å². The van der Waals surface area contributed by atoms with Crippen LogP contribution >= 0.6 is 0 Å². The molecular weight excluding hydrogens is 470 g/mol. The van der Waals surface area contributed by atoms with E-state index >= 15 is 0 Å². The third kappa shape index (κ3) is 6.72. The standard InChI is InChI=1S/C24H33N5O7/c1-35-24(34)28-12-11-16-7-9-19(29(16)22(32)17(25)13-28)21(31)27-18(8-10-20(26)30)23(33)36-14-15-5-3-2-4-6-15/h2-6,16-19H,7-14,25H2,1H3,(H2,26,30)(H,27,31)/t16-,17+,18+,19+/m1/s1. The summed E-state index contributed by atoms with van der Waals surface area (Å²) < 4.78 is 10.1. The number of nitrogens with zero attached hydrogens (tertiary/aromatic N) is 2. The number of fused-ring (bicyclic) bond motifs is 1. The first-order valence-corrected chi connectivity index (χ1v) is 11.9. The Morgan fingerprint density at radius 3 is 2.53 bits per heavy atom. The molecule has 1 aromatic carbocycles. The summed E-state index contributed by atoms with van der Waals surface area (Å²) in [5, 5.41) is 2.65. The fourth-order valence-electron chi connectivity index (χ4n) is 4.59. The molecule has 2 heterocycles. The summed E-state index contributed by atoms with van der Waals surface area (Å²) >= 11 is 0. The average Bonchev–Trinajstić information content (AvgIpc) is 3.29. The van der Waals surface area contributed by atoms with Crippen molar-refractivity contribution in [2.75, 3.05) is 20.2 Å². The number of benzene rings is 1. The van der Waals surface area contributed by atoms with Crippen LogP contribution in [0, 0.1) is 0 Å². The van der Waals surface area contributed by atoms with Crippen LogP contribution in [0.2, 0.25) is 0 Å². The van der Waals surface area contributed by atoms with Crippen molar-refractivity contribution >= 4 is 29.8 Å². The zero-order valence-electron chi connectivity index (χ0n) is 20.3. The molecule has 2 saturated heterocycles. The highest BCUT2D eigenvalue weighted by atomic mass is 16.5. The van der Waals surface area contributed by atoms with Crippen molar-refractivity contribution in [3.8, 4) is 0 Å². The van der Waals surface area contributed by atoms with Crippen molar-refractivity contribution in [1.82, 2.24) is 15.1 Å². The van der Waals surface area contributed by atoms with E-state index in [-0.39, 0.29) is 32.0 Å². The van der Waals surface area contributed by atoms with E-state index in [1.807, 2.05) is 18.2 Å². The van der Waals surface area contributed by atoms with Crippen molar-refractivity contribution in [2.45, 2.75) is 62.9 Å². The number of carbonyl (C=O) groups excluding carboxylic acids is 5. The highest BCUT2D eigenvalue weighted by Gasteiger charge is 2.45. The Morgan fingerprint density at radius 2 is 1.86 bits per heavy atom. The Bertz CT molecular complexity index is 973. The number of rotatable bonds is 8. The summed E-state index contributed by atoms with van der Waals surface area (Å²) in [6.45, 7) is 0.302. The van der Waals surface area contributed by atoms with E-state index in [1.54, 1.807) is 12.1 Å². The molecule has 0 unspecified atom stereocenters. The van der Waals surface area contributed by atoms with Gasteiger partial charge in [0.05, 0.1) is 7.11 Å². The first-order chi connectivity index (χ1) is 17.2. The molecular formula is C24H33N5O7. The molecule has 4 amide bonds. The predicted molar refractivity (Wildman–Crippen MR) is 127 cm³/mol. The van der Waals surface area contributed by atoms with Crippen molar-refractivity contribution in [3.63, 3.8) is 0 Å². The van der Waals surface area contributed by atoms with Gasteiger partial charge in [-0.3, -0.25) is 14.4 Å². The minimum atomic E-state index is -1.11. The van der Waals surface area contributed by atoms with Gasteiger partial charge in [-0.1, -0.05) is 30.3 Å². The number of esters is 1. The fourth-order valence-corrected chi connectivity index (χ4v) is 4.59. The molecule has 0 radical (unpaired) electrons. The van der Waals surface area contributed by atoms with E-state index in [0.717, 1.165) is 5.56 Å². The van der Waals surface area contributed by atoms with E-state index in [0.29, 0.717) is 25.8 Å². The second-order valence-corrected chi connectivity index (χ2v) is 8.96. The first kappa shape index (κ1) is 26.9. The molecule has 196 valence electrons. The Kier molecular flexibility index (Phi) is 9.23. The van der Waals surface area contributed by atoms with Crippen LogP contribution < -0.4 is 16.8 Å². The minimum Gasteiger partial charge on any atom is -0.459 e. The van der Waals surface area contributed by atoms with Crippen LogP contribution in [0.3, 0.4) is 0 Å². The number of hydrogen-bond donors (Lipinski definition) is 3. The summed E-state index contributed by atoms with van der Waals surface area (Å²) in [6, 6.07) is 5.77. The molecule has 12 nitrogen and oxygen atoms in total. The molecule has 5 N–H and O–H groups in total. The summed E-state index contributed by atoms with van der Waals surface area (Å²) in [5.41, 5.74) is 12.1. The van der Waals surface area contributed by atoms with Crippen molar-refractivity contribution in [1.29, 1.82) is 0 Å². The summed E-state index contributed by atoms with van der Waals surface area (Å²) in [7, 11) is 1.26. The summed E-state index contributed by atoms with van der Waals surface area (Å²) in [5.74, 6) is -2.31. The fraction of sp³-hybridized carbons (Fsp3) is 0.542. The van der Waals surface area contributed by atoms with E-state index in [2.05, 4.69) is 5.32 Å². The number of nitrogens with one attached hydrogen (secondary N) is 1. The summed E-state index contributed by atoms with van der Waals surface area (Å²) in [6.07, 6.45) is 0.638. The molecule has 0 saturated carbocycles. The van der Waals surface area contributed by atoms with Crippen LogP contribution in [0.15, 0.2) is 30.3 Å². The van der Waals surface area contributed by atoms with Crippen molar-refractivity contribution in [3.05, 3.63) is 35.9 Å². The lowest BCUT2D eigenvalue weighted by molar-refractivity contribution is -0.150. The lowest BCUT2D eigenvalue weighted by Gasteiger charge is -2.37. The molecule has 36 heavy (non-hydrogen) atoms. The van der Waals surface area contributed by atoms with Gasteiger partial charge in [0.2, 0.25) is 17.7 Å². The number of ether oxygens (including phenoxy) is 2. The van der Waals surface area contributed by atoms with Gasteiger partial charge in [-0.15, -0.1) is 0 Å². The number of hydrogen-bond acceptors (Lipinski definition) is 8. The van der Waals surface area contributed by atoms with E-state index in [9.17, 15) is 24.0 Å². The third-order valence-electron chi connectivity index (χ3n) is 6.46. The van der Waals surface area contributed by atoms with Gasteiger partial charge in [0.25, 0.3) is 0 Å². The Morgan fingerprint density at radius 1 is 1.14 bits per heavy atom. The smallest absolute Gasteiger partial charge is 0.409 e. The quantitative estimate of drug-likeness (QED) is 0.403. The predicted octanol–water partition coefficient (Wildman–Crippen LogP) is -0.361. The molecule has 0 aromatic heterocycles. The Balaban J connectivity index is 1.68. The van der Waals surface area contributed by atoms with Crippen LogP contribution in [0.4, 0.5) is 4.79 Å². The molecule has 12 heteroatoms. The van der Waals surface area contributed by atoms with Gasteiger partial charge in [0, 0.05) is 25.6 Å². The van der Waals surface area contributed by atoms with Crippen molar-refractivity contribution < 1.29 is 33.4 Å². The number of amides is 4. The molecule has 2 aliphatic rings. The number of carbonyl (C=O) groups is 5. The van der Waals surface area contributed by atoms with Gasteiger partial charge in [-0.25, -0.2) is 9.59 Å². The molecule has 0 spiro atoms. The number of primary amides is 1. The second-order valence-electron chi connectivity index (χ2n) is 8.96. The van der Waals surface area contributed by atoms with Crippen LogP contribution in [0.5, 0.6) is 0 Å². The molecule has 4 atom stereocenters. The molecule has 2 aliphatic heterocycles. The normalized spacial score (nSPS) is 22.6. The van der Waals surface area contributed by atoms with Crippen LogP contribution in [0.25, 0.3) is 0 Å². The first-order valence-electron chi connectivity index (χ1n) is 11.9. The van der Waals surface area contributed by atoms with E-state index in [1.165, 1.54) is 16.9 Å². The number of nitrogens with two attached hydrogens (primary N) is 2. The molecule has 1 aromatic rings.